The number of ether oxygens (including phenoxy) is 5. The molecule has 0 radical (unpaired) electrons. The topological polar surface area (TPSA) is 149 Å². The lowest BCUT2D eigenvalue weighted by molar-refractivity contribution is -0.136. The van der Waals surface area contributed by atoms with Gasteiger partial charge in [-0.1, -0.05) is 22.0 Å². The van der Waals surface area contributed by atoms with Gasteiger partial charge in [0.15, 0.2) is 29.2 Å². The smallest absolute Gasteiger partial charge is 0.337 e. The average molecular weight is 607 g/mol. The molecular weight excluding hydrogens is 576 g/mol. The molecule has 13 heteroatoms. The Morgan fingerprint density at radius 1 is 1.15 bits per heavy atom. The molecule has 2 aromatic carbocycles. The molecule has 0 bridgehead atoms. The summed E-state index contributed by atoms with van der Waals surface area (Å²) in [6.07, 6.45) is 0.327. The van der Waals surface area contributed by atoms with Crippen LogP contribution in [0.3, 0.4) is 0 Å². The molecule has 0 unspecified atom stereocenters. The van der Waals surface area contributed by atoms with E-state index < -0.39 is 24.3 Å². The second kappa shape index (κ2) is 13.7. The van der Waals surface area contributed by atoms with Crippen LogP contribution in [0.2, 0.25) is 0 Å². The highest BCUT2D eigenvalue weighted by Gasteiger charge is 2.32. The summed E-state index contributed by atoms with van der Waals surface area (Å²) in [6.45, 7) is 3.61. The third-order valence-corrected chi connectivity index (χ3v) is 6.03. The van der Waals surface area contributed by atoms with Crippen LogP contribution in [0.1, 0.15) is 31.0 Å². The first-order valence-electron chi connectivity index (χ1n) is 11.9. The summed E-state index contributed by atoms with van der Waals surface area (Å²) in [7, 11) is 4.33. The summed E-state index contributed by atoms with van der Waals surface area (Å²) >= 11 is 3.41. The van der Waals surface area contributed by atoms with Crippen LogP contribution in [0.5, 0.6) is 23.0 Å². The van der Waals surface area contributed by atoms with E-state index in [2.05, 4.69) is 37.1 Å². The lowest BCUT2D eigenvalue weighted by Crippen LogP contribution is -2.45. The van der Waals surface area contributed by atoms with Crippen molar-refractivity contribution in [2.45, 2.75) is 26.1 Å². The number of hydrogen-bond donors (Lipinski definition) is 4. The first-order chi connectivity index (χ1) is 18.7. The van der Waals surface area contributed by atoms with Gasteiger partial charge in [-0.05, 0) is 43.7 Å². The van der Waals surface area contributed by atoms with Gasteiger partial charge in [-0.3, -0.25) is 5.43 Å². The number of nitrogens with zero attached hydrogens (tertiary/aromatic N) is 1. The number of aliphatic hydroxyl groups excluding tert-OH is 1. The van der Waals surface area contributed by atoms with Crippen molar-refractivity contribution in [2.75, 3.05) is 34.5 Å². The Balaban J connectivity index is 1.72. The number of nitrogens with one attached hydrogen (secondary N) is 3. The van der Waals surface area contributed by atoms with Crippen LogP contribution in [0, 0.1) is 0 Å². The second-order valence-corrected chi connectivity index (χ2v) is 9.06. The first-order valence-corrected chi connectivity index (χ1v) is 12.7. The monoisotopic (exact) mass is 606 g/mol. The summed E-state index contributed by atoms with van der Waals surface area (Å²) in [5, 5.41) is 19.7. The van der Waals surface area contributed by atoms with Crippen molar-refractivity contribution in [3.05, 3.63) is 57.2 Å². The largest absolute Gasteiger partial charge is 0.493 e. The van der Waals surface area contributed by atoms with Crippen LogP contribution < -0.4 is 35.0 Å². The highest BCUT2D eigenvalue weighted by molar-refractivity contribution is 9.10. The van der Waals surface area contributed by atoms with Crippen molar-refractivity contribution >= 4 is 34.1 Å². The van der Waals surface area contributed by atoms with Gasteiger partial charge in [0.25, 0.3) is 0 Å². The van der Waals surface area contributed by atoms with Gasteiger partial charge in [-0.25, -0.2) is 9.59 Å². The molecule has 1 aliphatic rings. The van der Waals surface area contributed by atoms with Gasteiger partial charge in [-0.2, -0.15) is 5.10 Å². The van der Waals surface area contributed by atoms with Gasteiger partial charge in [0.2, 0.25) is 0 Å². The standard InChI is InChI=1S/C26H31BrN4O8/c1-6-38-19-10-15(23-22(25(33)37-5)14(2)29-26(34)30-23)7-8-18(19)39-13-21(32)31-28-12-16-9-17(27)11-20(35-3)24(16)36-4/h7-12,21,23,31-32H,6,13H2,1-5H3,(H2,29,30,34)/b28-12+/t21-,23+/m0/s1. The molecular formula is C26H31BrN4O8. The number of aliphatic hydroxyl groups is 1. The first kappa shape index (κ1) is 29.6. The zero-order valence-corrected chi connectivity index (χ0v) is 23.7. The molecule has 3 rings (SSSR count). The fourth-order valence-electron chi connectivity index (χ4n) is 3.87. The maximum absolute atomic E-state index is 12.4. The molecule has 0 saturated carbocycles. The molecule has 1 heterocycles. The van der Waals surface area contributed by atoms with E-state index in [9.17, 15) is 14.7 Å². The number of methoxy groups -OCH3 is 3. The minimum Gasteiger partial charge on any atom is -0.493 e. The minimum atomic E-state index is -1.16. The van der Waals surface area contributed by atoms with E-state index in [4.69, 9.17) is 23.7 Å². The van der Waals surface area contributed by atoms with E-state index in [0.29, 0.717) is 46.4 Å². The summed E-state index contributed by atoms with van der Waals surface area (Å²) in [4.78, 5) is 24.5. The number of benzene rings is 2. The van der Waals surface area contributed by atoms with Gasteiger partial charge in [-0.15, -0.1) is 0 Å². The molecule has 2 amide bonds. The molecule has 2 aromatic rings. The number of allylic oxidation sites excluding steroid dienone is 1. The molecule has 0 spiro atoms. The zero-order chi connectivity index (χ0) is 28.5. The zero-order valence-electron chi connectivity index (χ0n) is 22.2. The Morgan fingerprint density at radius 3 is 2.59 bits per heavy atom. The van der Waals surface area contributed by atoms with Crippen molar-refractivity contribution in [2.24, 2.45) is 5.10 Å². The number of carbonyl (C=O) groups is 2. The second-order valence-electron chi connectivity index (χ2n) is 8.15. The maximum atomic E-state index is 12.4. The van der Waals surface area contributed by atoms with Gasteiger partial charge in [0.05, 0.1) is 45.8 Å². The van der Waals surface area contributed by atoms with E-state index >= 15 is 0 Å². The van der Waals surface area contributed by atoms with Gasteiger partial charge in [0, 0.05) is 15.7 Å². The quantitative estimate of drug-likeness (QED) is 0.124. The normalized spacial score (nSPS) is 15.8. The summed E-state index contributed by atoms with van der Waals surface area (Å²) in [6, 6.07) is 7.34. The fraction of sp³-hybridized carbons (Fsp3) is 0.346. The van der Waals surface area contributed by atoms with Crippen LogP contribution in [0.4, 0.5) is 4.79 Å². The number of urea groups is 1. The average Bonchev–Trinajstić information content (AvgIpc) is 2.91. The summed E-state index contributed by atoms with van der Waals surface area (Å²) < 4.78 is 27.9. The Labute approximate surface area is 234 Å². The number of amides is 2. The molecule has 0 aliphatic carbocycles. The summed E-state index contributed by atoms with van der Waals surface area (Å²) in [5.74, 6) is 1.16. The number of hydrazone groups is 1. The summed E-state index contributed by atoms with van der Waals surface area (Å²) in [5.41, 5.74) is 4.46. The Hall–Kier alpha value is -3.97. The highest BCUT2D eigenvalue weighted by Crippen LogP contribution is 2.35. The van der Waals surface area contributed by atoms with Crippen LogP contribution in [0.15, 0.2) is 51.2 Å². The Kier molecular flexibility index (Phi) is 10.4. The van der Waals surface area contributed by atoms with E-state index in [1.54, 1.807) is 37.3 Å². The maximum Gasteiger partial charge on any atom is 0.337 e. The van der Waals surface area contributed by atoms with Crippen LogP contribution in [0.25, 0.3) is 0 Å². The molecule has 0 fully saturated rings. The van der Waals surface area contributed by atoms with Gasteiger partial charge in [0.1, 0.15) is 6.61 Å². The lowest BCUT2D eigenvalue weighted by Gasteiger charge is -2.28. The van der Waals surface area contributed by atoms with Crippen molar-refractivity contribution in [3.8, 4) is 23.0 Å². The third kappa shape index (κ3) is 7.33. The predicted molar refractivity (Wildman–Crippen MR) is 146 cm³/mol. The fourth-order valence-corrected chi connectivity index (χ4v) is 4.32. The van der Waals surface area contributed by atoms with Crippen molar-refractivity contribution in [3.63, 3.8) is 0 Å². The van der Waals surface area contributed by atoms with Gasteiger partial charge < -0.3 is 39.4 Å². The minimum absolute atomic E-state index is 0.161. The van der Waals surface area contributed by atoms with Crippen LogP contribution in [-0.4, -0.2) is 64.1 Å². The molecule has 4 N–H and O–H groups in total. The molecule has 1 aliphatic heterocycles. The molecule has 210 valence electrons. The van der Waals surface area contributed by atoms with E-state index in [0.717, 1.165) is 4.47 Å². The van der Waals surface area contributed by atoms with Crippen molar-refractivity contribution < 1.29 is 38.4 Å². The molecule has 0 aromatic heterocycles. The highest BCUT2D eigenvalue weighted by atomic mass is 79.9. The van der Waals surface area contributed by atoms with Crippen molar-refractivity contribution in [1.82, 2.24) is 16.1 Å². The van der Waals surface area contributed by atoms with E-state index in [-0.39, 0.29) is 12.2 Å². The Morgan fingerprint density at radius 2 is 1.92 bits per heavy atom. The molecule has 2 atom stereocenters. The number of esters is 1. The third-order valence-electron chi connectivity index (χ3n) is 5.57. The number of hydrogen-bond acceptors (Lipinski definition) is 10. The van der Waals surface area contributed by atoms with Crippen LogP contribution in [-0.2, 0) is 9.53 Å². The SMILES string of the molecule is CCOc1cc([C@H]2NC(=O)NC(C)=C2C(=O)OC)ccc1OC[C@H](O)N/N=C/c1cc(Br)cc(OC)c1OC. The number of rotatable bonds is 12. The van der Waals surface area contributed by atoms with E-state index in [1.165, 1.54) is 27.5 Å². The van der Waals surface area contributed by atoms with Gasteiger partial charge >= 0.3 is 12.0 Å². The number of halogens is 1. The molecule has 0 saturated heterocycles. The van der Waals surface area contributed by atoms with Crippen molar-refractivity contribution in [1.29, 1.82) is 0 Å². The predicted octanol–water partition coefficient (Wildman–Crippen LogP) is 2.99. The Bertz CT molecular complexity index is 1270. The number of carbonyl (C=O) groups excluding carboxylic acids is 2. The molecule has 39 heavy (non-hydrogen) atoms. The van der Waals surface area contributed by atoms with Crippen LogP contribution >= 0.6 is 15.9 Å². The molecule has 12 nitrogen and oxygen atoms in total. The van der Waals surface area contributed by atoms with E-state index in [1.807, 2.05) is 6.92 Å². The lowest BCUT2D eigenvalue weighted by atomic mass is 9.95.